The van der Waals surface area contributed by atoms with E-state index in [1.54, 1.807) is 0 Å². The second kappa shape index (κ2) is 4.21. The van der Waals surface area contributed by atoms with Gasteiger partial charge in [0.15, 0.2) is 0 Å². The highest BCUT2D eigenvalue weighted by Crippen LogP contribution is 2.15. The molecule has 0 saturated carbocycles. The maximum Gasteiger partial charge on any atom is 0.321 e. The van der Waals surface area contributed by atoms with Crippen molar-refractivity contribution in [1.82, 2.24) is 10.6 Å². The predicted octanol–water partition coefficient (Wildman–Crippen LogP) is 0.756. The molecule has 1 aliphatic rings. The van der Waals surface area contributed by atoms with Crippen LogP contribution >= 0.6 is 0 Å². The number of amides is 1. The maximum atomic E-state index is 12.6. The Labute approximate surface area is 82.2 Å². The van der Waals surface area contributed by atoms with Gasteiger partial charge in [-0.15, -0.1) is 0 Å². The molecule has 1 aliphatic heterocycles. The molecule has 1 saturated heterocycles. The van der Waals surface area contributed by atoms with Crippen molar-refractivity contribution in [3.63, 3.8) is 0 Å². The number of carbonyl (C=O) groups is 1. The SMILES string of the molecule is CC1CCNCC1NC(=O)C(C)(F)F. The summed E-state index contributed by atoms with van der Waals surface area (Å²) in [6.45, 7) is 4.03. The van der Waals surface area contributed by atoms with Crippen LogP contribution in [-0.2, 0) is 4.79 Å². The first kappa shape index (κ1) is 11.4. The van der Waals surface area contributed by atoms with Gasteiger partial charge in [0, 0.05) is 19.5 Å². The van der Waals surface area contributed by atoms with Crippen LogP contribution in [0.25, 0.3) is 0 Å². The molecule has 0 aromatic rings. The molecule has 2 atom stereocenters. The molecular formula is C9H16F2N2O. The van der Waals surface area contributed by atoms with Crippen LogP contribution in [0.2, 0.25) is 0 Å². The van der Waals surface area contributed by atoms with Gasteiger partial charge in [-0.2, -0.15) is 8.78 Å². The smallest absolute Gasteiger partial charge is 0.321 e. The van der Waals surface area contributed by atoms with E-state index in [4.69, 9.17) is 0 Å². The molecule has 14 heavy (non-hydrogen) atoms. The Morgan fingerprint density at radius 3 is 2.71 bits per heavy atom. The summed E-state index contributed by atoms with van der Waals surface area (Å²) in [5.74, 6) is -4.21. The van der Waals surface area contributed by atoms with E-state index < -0.39 is 11.8 Å². The molecule has 0 aromatic heterocycles. The third-order valence-corrected chi connectivity index (χ3v) is 2.54. The van der Waals surface area contributed by atoms with Crippen LogP contribution in [0.5, 0.6) is 0 Å². The van der Waals surface area contributed by atoms with Crippen LogP contribution < -0.4 is 10.6 Å². The number of alkyl halides is 2. The highest BCUT2D eigenvalue weighted by Gasteiger charge is 2.35. The van der Waals surface area contributed by atoms with Crippen LogP contribution in [0.1, 0.15) is 20.3 Å². The van der Waals surface area contributed by atoms with Gasteiger partial charge < -0.3 is 10.6 Å². The third-order valence-electron chi connectivity index (χ3n) is 2.54. The summed E-state index contributed by atoms with van der Waals surface area (Å²) in [7, 11) is 0. The van der Waals surface area contributed by atoms with Crippen LogP contribution in [0.3, 0.4) is 0 Å². The summed E-state index contributed by atoms with van der Waals surface area (Å²) in [4.78, 5) is 11.0. The summed E-state index contributed by atoms with van der Waals surface area (Å²) in [5, 5.41) is 5.42. The number of halogens is 2. The van der Waals surface area contributed by atoms with Crippen molar-refractivity contribution in [2.24, 2.45) is 5.92 Å². The van der Waals surface area contributed by atoms with Crippen LogP contribution in [0.4, 0.5) is 8.78 Å². The number of piperidine rings is 1. The van der Waals surface area contributed by atoms with Gasteiger partial charge in [0.25, 0.3) is 5.91 Å². The molecule has 2 unspecified atom stereocenters. The Kier molecular flexibility index (Phi) is 3.42. The molecule has 0 aliphatic carbocycles. The van der Waals surface area contributed by atoms with Gasteiger partial charge in [0.1, 0.15) is 0 Å². The first-order valence-electron chi connectivity index (χ1n) is 4.81. The predicted molar refractivity (Wildman–Crippen MR) is 49.2 cm³/mol. The van der Waals surface area contributed by atoms with Gasteiger partial charge in [0.2, 0.25) is 0 Å². The Morgan fingerprint density at radius 2 is 2.21 bits per heavy atom. The van der Waals surface area contributed by atoms with E-state index in [-0.39, 0.29) is 12.0 Å². The van der Waals surface area contributed by atoms with Crippen LogP contribution in [0.15, 0.2) is 0 Å². The van der Waals surface area contributed by atoms with E-state index in [1.807, 2.05) is 6.92 Å². The Hall–Kier alpha value is -0.710. The minimum absolute atomic E-state index is 0.179. The highest BCUT2D eigenvalue weighted by molar-refractivity contribution is 5.83. The van der Waals surface area contributed by atoms with Crippen LogP contribution in [-0.4, -0.2) is 31.0 Å². The monoisotopic (exact) mass is 206 g/mol. The highest BCUT2D eigenvalue weighted by atomic mass is 19.3. The van der Waals surface area contributed by atoms with Gasteiger partial charge in [-0.3, -0.25) is 4.79 Å². The maximum absolute atomic E-state index is 12.6. The van der Waals surface area contributed by atoms with Gasteiger partial charge in [-0.05, 0) is 18.9 Å². The van der Waals surface area contributed by atoms with Gasteiger partial charge in [-0.25, -0.2) is 0 Å². The lowest BCUT2D eigenvalue weighted by Crippen LogP contribution is -2.53. The molecule has 0 bridgehead atoms. The molecule has 5 heteroatoms. The largest absolute Gasteiger partial charge is 0.347 e. The molecule has 0 spiro atoms. The zero-order valence-electron chi connectivity index (χ0n) is 8.44. The molecule has 1 fully saturated rings. The number of hydrogen-bond donors (Lipinski definition) is 2. The number of carbonyl (C=O) groups excluding carboxylic acids is 1. The van der Waals surface area contributed by atoms with E-state index in [2.05, 4.69) is 10.6 Å². The zero-order valence-corrected chi connectivity index (χ0v) is 8.44. The molecule has 3 nitrogen and oxygen atoms in total. The lowest BCUT2D eigenvalue weighted by Gasteiger charge is -2.30. The molecular weight excluding hydrogens is 190 g/mol. The van der Waals surface area contributed by atoms with E-state index in [0.29, 0.717) is 13.5 Å². The average Bonchev–Trinajstić information content (AvgIpc) is 2.07. The first-order chi connectivity index (χ1) is 6.41. The van der Waals surface area contributed by atoms with Crippen molar-refractivity contribution in [2.75, 3.05) is 13.1 Å². The van der Waals surface area contributed by atoms with Crippen molar-refractivity contribution < 1.29 is 13.6 Å². The van der Waals surface area contributed by atoms with Crippen molar-refractivity contribution in [2.45, 2.75) is 32.2 Å². The fourth-order valence-electron chi connectivity index (χ4n) is 1.48. The Bertz CT molecular complexity index is 215. The van der Waals surface area contributed by atoms with Crippen molar-refractivity contribution >= 4 is 5.91 Å². The summed E-state index contributed by atoms with van der Waals surface area (Å²) in [5.41, 5.74) is 0. The number of rotatable bonds is 2. The second-order valence-electron chi connectivity index (χ2n) is 3.94. The molecule has 2 N–H and O–H groups in total. The summed E-state index contributed by atoms with van der Waals surface area (Å²) < 4.78 is 25.1. The molecule has 82 valence electrons. The standard InChI is InChI=1S/C9H16F2N2O/c1-6-3-4-12-5-7(6)13-8(14)9(2,10)11/h6-7,12H,3-5H2,1-2H3,(H,13,14). The number of hydrogen-bond acceptors (Lipinski definition) is 2. The normalized spacial score (nSPS) is 28.6. The van der Waals surface area contributed by atoms with Gasteiger partial charge in [-0.1, -0.05) is 6.92 Å². The molecule has 1 heterocycles. The number of nitrogens with one attached hydrogen (secondary N) is 2. The molecule has 1 amide bonds. The van der Waals surface area contributed by atoms with E-state index in [9.17, 15) is 13.6 Å². The molecule has 0 radical (unpaired) electrons. The minimum atomic E-state index is -3.28. The fraction of sp³-hybridized carbons (Fsp3) is 0.889. The minimum Gasteiger partial charge on any atom is -0.347 e. The third kappa shape index (κ3) is 2.90. The average molecular weight is 206 g/mol. The van der Waals surface area contributed by atoms with Crippen molar-refractivity contribution in [3.05, 3.63) is 0 Å². The lowest BCUT2D eigenvalue weighted by molar-refractivity contribution is -0.144. The topological polar surface area (TPSA) is 41.1 Å². The van der Waals surface area contributed by atoms with E-state index >= 15 is 0 Å². The van der Waals surface area contributed by atoms with E-state index in [1.165, 1.54) is 0 Å². The zero-order chi connectivity index (χ0) is 10.8. The van der Waals surface area contributed by atoms with Gasteiger partial charge in [0.05, 0.1) is 0 Å². The van der Waals surface area contributed by atoms with Crippen LogP contribution in [0, 0.1) is 5.92 Å². The van der Waals surface area contributed by atoms with Gasteiger partial charge >= 0.3 is 5.92 Å². The van der Waals surface area contributed by atoms with E-state index in [0.717, 1.165) is 13.0 Å². The lowest BCUT2D eigenvalue weighted by atomic mass is 9.94. The summed E-state index contributed by atoms with van der Waals surface area (Å²) in [6, 6.07) is -0.179. The van der Waals surface area contributed by atoms with Crippen molar-refractivity contribution in [3.8, 4) is 0 Å². The van der Waals surface area contributed by atoms with Crippen molar-refractivity contribution in [1.29, 1.82) is 0 Å². The second-order valence-corrected chi connectivity index (χ2v) is 3.94. The summed E-state index contributed by atoms with van der Waals surface area (Å²) in [6.07, 6.45) is 0.903. The molecule has 1 rings (SSSR count). The quantitative estimate of drug-likeness (QED) is 0.700. The summed E-state index contributed by atoms with van der Waals surface area (Å²) >= 11 is 0. The molecule has 0 aromatic carbocycles. The fourth-order valence-corrected chi connectivity index (χ4v) is 1.48. The first-order valence-corrected chi connectivity index (χ1v) is 4.81. The Balaban J connectivity index is 2.46. The Morgan fingerprint density at radius 1 is 1.57 bits per heavy atom.